The van der Waals surface area contributed by atoms with Gasteiger partial charge < -0.3 is 4.74 Å². The van der Waals surface area contributed by atoms with Crippen molar-refractivity contribution in [3.05, 3.63) is 65.0 Å². The first kappa shape index (κ1) is 15.0. The van der Waals surface area contributed by atoms with E-state index in [0.29, 0.717) is 5.56 Å². The van der Waals surface area contributed by atoms with Crippen molar-refractivity contribution in [3.63, 3.8) is 0 Å². The minimum absolute atomic E-state index is 0.148. The maximum absolute atomic E-state index is 14.0. The van der Waals surface area contributed by atoms with Gasteiger partial charge in [0.2, 0.25) is 0 Å². The standard InChI is InChI=1S/C17H18BrFO/c1-11(2)20-14-7-5-13(6-8-14)17(18)15-9-4-12(3)10-16(15)19/h4-11,17H,1-3H3. The molecule has 3 heteroatoms. The van der Waals surface area contributed by atoms with Crippen LogP contribution >= 0.6 is 15.9 Å². The Morgan fingerprint density at radius 3 is 2.25 bits per heavy atom. The van der Waals surface area contributed by atoms with Crippen LogP contribution in [0.1, 0.15) is 35.4 Å². The molecule has 0 radical (unpaired) electrons. The zero-order chi connectivity index (χ0) is 14.7. The zero-order valence-corrected chi connectivity index (χ0v) is 13.4. The van der Waals surface area contributed by atoms with Crippen molar-refractivity contribution in [2.45, 2.75) is 31.7 Å². The van der Waals surface area contributed by atoms with E-state index < -0.39 is 0 Å². The number of rotatable bonds is 4. The van der Waals surface area contributed by atoms with Gasteiger partial charge >= 0.3 is 0 Å². The third-order valence-corrected chi connectivity index (χ3v) is 4.00. The van der Waals surface area contributed by atoms with Crippen molar-refractivity contribution in [1.82, 2.24) is 0 Å². The summed E-state index contributed by atoms with van der Waals surface area (Å²) >= 11 is 3.56. The Labute approximate surface area is 127 Å². The van der Waals surface area contributed by atoms with E-state index in [1.54, 1.807) is 6.07 Å². The zero-order valence-electron chi connectivity index (χ0n) is 11.9. The smallest absolute Gasteiger partial charge is 0.128 e. The fourth-order valence-electron chi connectivity index (χ4n) is 2.00. The lowest BCUT2D eigenvalue weighted by molar-refractivity contribution is 0.242. The molecule has 2 aromatic rings. The van der Waals surface area contributed by atoms with Crippen LogP contribution in [0.5, 0.6) is 5.75 Å². The molecule has 0 spiro atoms. The van der Waals surface area contributed by atoms with Crippen LogP contribution in [0.25, 0.3) is 0 Å². The SMILES string of the molecule is Cc1ccc(C(Br)c2ccc(OC(C)C)cc2)c(F)c1. The lowest BCUT2D eigenvalue weighted by Crippen LogP contribution is -2.05. The Bertz CT molecular complexity index is 578. The number of ether oxygens (including phenoxy) is 1. The monoisotopic (exact) mass is 336 g/mol. The fourth-order valence-corrected chi connectivity index (χ4v) is 2.68. The third kappa shape index (κ3) is 3.60. The molecule has 0 bridgehead atoms. The van der Waals surface area contributed by atoms with Gasteiger partial charge in [-0.05, 0) is 50.1 Å². The number of benzene rings is 2. The average molecular weight is 337 g/mol. The molecule has 0 amide bonds. The fraction of sp³-hybridized carbons (Fsp3) is 0.294. The van der Waals surface area contributed by atoms with E-state index in [9.17, 15) is 4.39 Å². The highest BCUT2D eigenvalue weighted by atomic mass is 79.9. The molecule has 106 valence electrons. The lowest BCUT2D eigenvalue weighted by Gasteiger charge is -2.14. The van der Waals surface area contributed by atoms with E-state index in [4.69, 9.17) is 4.74 Å². The molecule has 1 unspecified atom stereocenters. The molecule has 0 saturated carbocycles. The van der Waals surface area contributed by atoms with Gasteiger partial charge in [0.25, 0.3) is 0 Å². The molecule has 1 nitrogen and oxygen atoms in total. The summed E-state index contributed by atoms with van der Waals surface area (Å²) in [7, 11) is 0. The van der Waals surface area contributed by atoms with Gasteiger partial charge in [-0.15, -0.1) is 0 Å². The highest BCUT2D eigenvalue weighted by molar-refractivity contribution is 9.09. The molecule has 2 aromatic carbocycles. The summed E-state index contributed by atoms with van der Waals surface area (Å²) in [6.07, 6.45) is 0.148. The summed E-state index contributed by atoms with van der Waals surface area (Å²) in [5, 5.41) is 0. The second-order valence-electron chi connectivity index (χ2n) is 5.12. The first-order valence-electron chi connectivity index (χ1n) is 6.64. The topological polar surface area (TPSA) is 9.23 Å². The minimum atomic E-state index is -0.186. The van der Waals surface area contributed by atoms with Gasteiger partial charge in [0, 0.05) is 5.56 Å². The molecule has 0 heterocycles. The van der Waals surface area contributed by atoms with E-state index in [1.165, 1.54) is 0 Å². The summed E-state index contributed by atoms with van der Waals surface area (Å²) in [5.41, 5.74) is 2.57. The van der Waals surface area contributed by atoms with Crippen molar-refractivity contribution in [2.75, 3.05) is 0 Å². The first-order chi connectivity index (χ1) is 9.47. The molecule has 2 rings (SSSR count). The number of hydrogen-bond donors (Lipinski definition) is 0. The second kappa shape index (κ2) is 6.40. The highest BCUT2D eigenvalue weighted by Gasteiger charge is 2.15. The Morgan fingerprint density at radius 1 is 1.05 bits per heavy atom. The van der Waals surface area contributed by atoms with Gasteiger partial charge in [-0.3, -0.25) is 0 Å². The first-order valence-corrected chi connectivity index (χ1v) is 7.55. The summed E-state index contributed by atoms with van der Waals surface area (Å²) in [4.78, 5) is -0.156. The average Bonchev–Trinajstić information content (AvgIpc) is 2.38. The van der Waals surface area contributed by atoms with Crippen LogP contribution in [0, 0.1) is 12.7 Å². The van der Waals surface area contributed by atoms with Crippen LogP contribution in [0.2, 0.25) is 0 Å². The maximum Gasteiger partial charge on any atom is 0.128 e. The molecular formula is C17H18BrFO. The van der Waals surface area contributed by atoms with Crippen molar-refractivity contribution >= 4 is 15.9 Å². The summed E-state index contributed by atoms with van der Waals surface area (Å²) in [6, 6.07) is 13.0. The van der Waals surface area contributed by atoms with Crippen molar-refractivity contribution in [3.8, 4) is 5.75 Å². The number of alkyl halides is 1. The number of halogens is 2. The van der Waals surface area contributed by atoms with Crippen LogP contribution in [0.15, 0.2) is 42.5 Å². The van der Waals surface area contributed by atoms with Gasteiger partial charge in [0.1, 0.15) is 11.6 Å². The van der Waals surface area contributed by atoms with Gasteiger partial charge in [0.05, 0.1) is 10.9 Å². The molecule has 20 heavy (non-hydrogen) atoms. The summed E-state index contributed by atoms with van der Waals surface area (Å²) in [5.74, 6) is 0.641. The van der Waals surface area contributed by atoms with Gasteiger partial charge in [0.15, 0.2) is 0 Å². The molecule has 1 atom stereocenters. The van der Waals surface area contributed by atoms with E-state index in [-0.39, 0.29) is 16.7 Å². The van der Waals surface area contributed by atoms with Gasteiger partial charge in [-0.2, -0.15) is 0 Å². The van der Waals surface area contributed by atoms with E-state index in [0.717, 1.165) is 16.9 Å². The summed E-state index contributed by atoms with van der Waals surface area (Å²) < 4.78 is 19.6. The summed E-state index contributed by atoms with van der Waals surface area (Å²) in [6.45, 7) is 5.86. The van der Waals surface area contributed by atoms with Gasteiger partial charge in [-0.1, -0.05) is 40.2 Å². The predicted molar refractivity (Wildman–Crippen MR) is 84.1 cm³/mol. The van der Waals surface area contributed by atoms with E-state index >= 15 is 0 Å². The quantitative estimate of drug-likeness (QED) is 0.678. The molecule has 0 saturated heterocycles. The van der Waals surface area contributed by atoms with Crippen LogP contribution in [0.4, 0.5) is 4.39 Å². The molecule has 0 fully saturated rings. The van der Waals surface area contributed by atoms with Crippen molar-refractivity contribution in [1.29, 1.82) is 0 Å². The van der Waals surface area contributed by atoms with Crippen LogP contribution in [-0.4, -0.2) is 6.10 Å². The highest BCUT2D eigenvalue weighted by Crippen LogP contribution is 2.33. The van der Waals surface area contributed by atoms with Crippen molar-refractivity contribution in [2.24, 2.45) is 0 Å². The molecule has 0 aliphatic rings. The molecular weight excluding hydrogens is 319 g/mol. The minimum Gasteiger partial charge on any atom is -0.491 e. The number of aryl methyl sites for hydroxylation is 1. The predicted octanol–water partition coefficient (Wildman–Crippen LogP) is 5.41. The molecule has 0 aliphatic carbocycles. The van der Waals surface area contributed by atoms with E-state index in [2.05, 4.69) is 15.9 Å². The second-order valence-corrected chi connectivity index (χ2v) is 6.04. The Balaban J connectivity index is 2.22. The number of hydrogen-bond acceptors (Lipinski definition) is 1. The van der Waals surface area contributed by atoms with Crippen molar-refractivity contribution < 1.29 is 9.13 Å². The molecule has 0 aliphatic heterocycles. The van der Waals surface area contributed by atoms with Gasteiger partial charge in [-0.25, -0.2) is 4.39 Å². The maximum atomic E-state index is 14.0. The Morgan fingerprint density at radius 2 is 1.70 bits per heavy atom. The van der Waals surface area contributed by atoms with Crippen LogP contribution < -0.4 is 4.74 Å². The van der Waals surface area contributed by atoms with Crippen LogP contribution in [-0.2, 0) is 0 Å². The molecule has 0 aromatic heterocycles. The van der Waals surface area contributed by atoms with Crippen LogP contribution in [0.3, 0.4) is 0 Å². The lowest BCUT2D eigenvalue weighted by atomic mass is 10.0. The Hall–Kier alpha value is -1.35. The third-order valence-electron chi connectivity index (χ3n) is 2.97. The normalized spacial score (nSPS) is 12.5. The van der Waals surface area contributed by atoms with E-state index in [1.807, 2.05) is 57.2 Å². The molecule has 0 N–H and O–H groups in total. The largest absolute Gasteiger partial charge is 0.491 e. The Kier molecular flexibility index (Phi) is 4.81.